The smallest absolute Gasteiger partial charge is 0.425 e. The molecule has 0 N–H and O–H groups in total. The molecule has 23 heavy (non-hydrogen) atoms. The monoisotopic (exact) mass is 387 g/mol. The minimum absolute atomic E-state index is 0.0400. The Balaban J connectivity index is 3.14. The van der Waals surface area contributed by atoms with E-state index in [1.165, 1.54) is 12.4 Å². The van der Waals surface area contributed by atoms with E-state index < -0.39 is 23.4 Å². The third-order valence-electron chi connectivity index (χ3n) is 2.21. The van der Waals surface area contributed by atoms with Gasteiger partial charge in [0.1, 0.15) is 11.2 Å². The Hall–Kier alpha value is -1.70. The van der Waals surface area contributed by atoms with Crippen molar-refractivity contribution in [3.05, 3.63) is 18.1 Å². The summed E-state index contributed by atoms with van der Waals surface area (Å²) in [7, 11) is 0. The molecule has 2 amide bonds. The van der Waals surface area contributed by atoms with E-state index in [1.807, 2.05) is 0 Å². The van der Waals surface area contributed by atoms with Gasteiger partial charge in [0, 0.05) is 5.33 Å². The number of ether oxygens (including phenoxy) is 2. The molecule has 0 fully saturated rings. The lowest BCUT2D eigenvalue weighted by atomic mass is 10.2. The maximum Gasteiger partial charge on any atom is 0.425 e. The van der Waals surface area contributed by atoms with Crippen LogP contribution in [0.5, 0.6) is 0 Å². The van der Waals surface area contributed by atoms with E-state index in [0.717, 1.165) is 4.90 Å². The van der Waals surface area contributed by atoms with Gasteiger partial charge in [-0.1, -0.05) is 15.9 Å². The number of alkyl halides is 1. The highest BCUT2D eigenvalue weighted by Gasteiger charge is 2.33. The summed E-state index contributed by atoms with van der Waals surface area (Å²) in [5.41, 5.74) is -0.858. The molecule has 0 aliphatic carbocycles. The Bertz CT molecular complexity index is 534. The summed E-state index contributed by atoms with van der Waals surface area (Å²) in [5, 5.41) is 0.513. The van der Waals surface area contributed by atoms with Crippen LogP contribution in [0.2, 0.25) is 0 Å². The summed E-state index contributed by atoms with van der Waals surface area (Å²) in [5.74, 6) is 0.0400. The van der Waals surface area contributed by atoms with E-state index in [0.29, 0.717) is 11.0 Å². The second-order valence-electron chi connectivity index (χ2n) is 6.80. The van der Waals surface area contributed by atoms with Crippen molar-refractivity contribution >= 4 is 33.9 Å². The van der Waals surface area contributed by atoms with Crippen LogP contribution in [0.15, 0.2) is 12.4 Å². The first-order chi connectivity index (χ1) is 10.4. The quantitative estimate of drug-likeness (QED) is 0.711. The lowest BCUT2D eigenvalue weighted by Gasteiger charge is -2.27. The van der Waals surface area contributed by atoms with Crippen LogP contribution in [-0.2, 0) is 14.8 Å². The third-order valence-corrected chi connectivity index (χ3v) is 2.78. The number of nitrogens with zero attached hydrogens (tertiary/aromatic N) is 3. The molecule has 0 atom stereocenters. The first-order valence-electron chi connectivity index (χ1n) is 7.06. The molecule has 128 valence electrons. The van der Waals surface area contributed by atoms with Crippen LogP contribution in [0.4, 0.5) is 15.4 Å². The largest absolute Gasteiger partial charge is 0.443 e. The number of hydrogen-bond acceptors (Lipinski definition) is 6. The molecule has 7 nitrogen and oxygen atoms in total. The molecule has 0 saturated heterocycles. The second-order valence-corrected chi connectivity index (χ2v) is 7.36. The first kappa shape index (κ1) is 19.3. The van der Waals surface area contributed by atoms with Gasteiger partial charge in [-0.2, -0.15) is 4.90 Å². The van der Waals surface area contributed by atoms with Crippen LogP contribution in [0.3, 0.4) is 0 Å². The van der Waals surface area contributed by atoms with E-state index in [4.69, 9.17) is 9.47 Å². The molecule has 0 aromatic carbocycles. The van der Waals surface area contributed by atoms with Crippen molar-refractivity contribution in [2.45, 2.75) is 58.1 Å². The number of rotatable bonds is 2. The summed E-state index contributed by atoms with van der Waals surface area (Å²) in [6.45, 7) is 10.2. The molecular weight excluding hydrogens is 366 g/mol. The summed E-state index contributed by atoms with van der Waals surface area (Å²) < 4.78 is 10.5. The normalized spacial score (nSPS) is 11.8. The van der Waals surface area contributed by atoms with Crippen LogP contribution < -0.4 is 4.90 Å². The Morgan fingerprint density at radius 2 is 1.48 bits per heavy atom. The molecule has 1 aromatic rings. The molecule has 0 aliphatic heterocycles. The van der Waals surface area contributed by atoms with Crippen LogP contribution in [0.1, 0.15) is 47.2 Å². The van der Waals surface area contributed by atoms with Gasteiger partial charge in [-0.3, -0.25) is 4.98 Å². The van der Waals surface area contributed by atoms with Gasteiger partial charge in [0.25, 0.3) is 0 Å². The molecule has 0 saturated carbocycles. The Morgan fingerprint density at radius 1 is 1.00 bits per heavy atom. The number of carbonyl (C=O) groups is 2. The van der Waals surface area contributed by atoms with Gasteiger partial charge in [-0.15, -0.1) is 0 Å². The fourth-order valence-corrected chi connectivity index (χ4v) is 1.70. The number of halogens is 1. The van der Waals surface area contributed by atoms with Gasteiger partial charge < -0.3 is 9.47 Å². The third kappa shape index (κ3) is 6.52. The van der Waals surface area contributed by atoms with Crippen LogP contribution in [-0.4, -0.2) is 33.4 Å². The molecule has 0 aliphatic rings. The highest BCUT2D eigenvalue weighted by molar-refractivity contribution is 9.08. The van der Waals surface area contributed by atoms with Gasteiger partial charge in [-0.25, -0.2) is 14.6 Å². The summed E-state index contributed by atoms with van der Waals surface area (Å²) in [4.78, 5) is 33.7. The van der Waals surface area contributed by atoms with E-state index in [1.54, 1.807) is 41.5 Å². The van der Waals surface area contributed by atoms with Gasteiger partial charge in [-0.05, 0) is 41.5 Å². The average Bonchev–Trinajstić information content (AvgIpc) is 2.35. The fraction of sp³-hybridized carbons (Fsp3) is 0.600. The van der Waals surface area contributed by atoms with E-state index in [-0.39, 0.29) is 5.82 Å². The first-order valence-corrected chi connectivity index (χ1v) is 8.18. The minimum atomic E-state index is -0.868. The topological polar surface area (TPSA) is 81.6 Å². The number of anilines is 1. The average molecular weight is 388 g/mol. The van der Waals surface area contributed by atoms with Crippen LogP contribution in [0, 0.1) is 0 Å². The van der Waals surface area contributed by atoms with Crippen LogP contribution >= 0.6 is 15.9 Å². The Kier molecular flexibility index (Phi) is 6.10. The van der Waals surface area contributed by atoms with Crippen molar-refractivity contribution in [2.24, 2.45) is 0 Å². The molecule has 1 aromatic heterocycles. The fourth-order valence-electron chi connectivity index (χ4n) is 1.41. The van der Waals surface area contributed by atoms with Crippen molar-refractivity contribution in [3.8, 4) is 0 Å². The van der Waals surface area contributed by atoms with Gasteiger partial charge >= 0.3 is 12.2 Å². The molecule has 1 rings (SSSR count). The highest BCUT2D eigenvalue weighted by atomic mass is 79.9. The van der Waals surface area contributed by atoms with E-state index >= 15 is 0 Å². The lowest BCUT2D eigenvalue weighted by Crippen LogP contribution is -2.44. The predicted molar refractivity (Wildman–Crippen MR) is 89.6 cm³/mol. The van der Waals surface area contributed by atoms with E-state index in [9.17, 15) is 9.59 Å². The van der Waals surface area contributed by atoms with Crippen molar-refractivity contribution in [2.75, 3.05) is 4.90 Å². The summed E-state index contributed by atoms with van der Waals surface area (Å²) in [6, 6.07) is 0. The van der Waals surface area contributed by atoms with Crippen LogP contribution in [0.25, 0.3) is 0 Å². The minimum Gasteiger partial charge on any atom is -0.443 e. The molecule has 0 radical (unpaired) electrons. The van der Waals surface area contributed by atoms with Crippen molar-refractivity contribution in [1.29, 1.82) is 0 Å². The number of hydrogen-bond donors (Lipinski definition) is 0. The van der Waals surface area contributed by atoms with Gasteiger partial charge in [0.2, 0.25) is 0 Å². The van der Waals surface area contributed by atoms with Crippen molar-refractivity contribution in [1.82, 2.24) is 9.97 Å². The predicted octanol–water partition coefficient (Wildman–Crippen LogP) is 4.05. The molecule has 8 heteroatoms. The van der Waals surface area contributed by atoms with Crippen molar-refractivity contribution < 1.29 is 19.1 Å². The number of aromatic nitrogens is 2. The maximum absolute atomic E-state index is 12.4. The zero-order valence-electron chi connectivity index (χ0n) is 14.2. The van der Waals surface area contributed by atoms with E-state index in [2.05, 4.69) is 25.9 Å². The zero-order chi connectivity index (χ0) is 17.8. The Labute approximate surface area is 144 Å². The molecule has 1 heterocycles. The molecule has 0 spiro atoms. The highest BCUT2D eigenvalue weighted by Crippen LogP contribution is 2.19. The standard InChI is InChI=1S/C15H22BrN3O4/c1-14(2,3)22-12(20)19(13(21)23-15(4,5)6)11-9-17-10(7-16)8-18-11/h8-9H,7H2,1-6H3. The molecule has 0 unspecified atom stereocenters. The SMILES string of the molecule is CC(C)(C)OC(=O)N(C(=O)OC(C)(C)C)c1cnc(CBr)cn1. The molecular formula is C15H22BrN3O4. The maximum atomic E-state index is 12.4. The van der Waals surface area contributed by atoms with Gasteiger partial charge in [0.15, 0.2) is 5.82 Å². The van der Waals surface area contributed by atoms with Gasteiger partial charge in [0.05, 0.1) is 18.1 Å². The lowest BCUT2D eigenvalue weighted by molar-refractivity contribution is 0.0429. The summed E-state index contributed by atoms with van der Waals surface area (Å²) >= 11 is 3.26. The van der Waals surface area contributed by atoms with Crippen molar-refractivity contribution in [3.63, 3.8) is 0 Å². The summed E-state index contributed by atoms with van der Waals surface area (Å²) in [6.07, 6.45) is 1.05. The molecule has 0 bridgehead atoms. The number of carbonyl (C=O) groups excluding carboxylic acids is 2. The number of amides is 2. The zero-order valence-corrected chi connectivity index (χ0v) is 15.8. The number of imide groups is 1. The second kappa shape index (κ2) is 7.25. The Morgan fingerprint density at radius 3 is 1.78 bits per heavy atom.